The minimum absolute atomic E-state index is 0.0286. The van der Waals surface area contributed by atoms with Crippen LogP contribution in [0.5, 0.6) is 11.5 Å². The van der Waals surface area contributed by atoms with E-state index in [9.17, 15) is 9.59 Å². The van der Waals surface area contributed by atoms with Crippen molar-refractivity contribution in [2.75, 3.05) is 32.6 Å². The van der Waals surface area contributed by atoms with E-state index in [0.29, 0.717) is 43.9 Å². The Morgan fingerprint density at radius 3 is 2.28 bits per heavy atom. The maximum atomic E-state index is 12.7. The topological polar surface area (TPSA) is 67.9 Å². The lowest BCUT2D eigenvalue weighted by Crippen LogP contribution is -2.42. The zero-order valence-electron chi connectivity index (χ0n) is 17.2. The van der Waals surface area contributed by atoms with Crippen LogP contribution in [0.4, 0.5) is 5.69 Å². The molecule has 2 aromatic carbocycles. The van der Waals surface area contributed by atoms with Gasteiger partial charge in [-0.15, -0.1) is 0 Å². The monoisotopic (exact) mass is 396 g/mol. The summed E-state index contributed by atoms with van der Waals surface area (Å²) in [5, 5.41) is 2.98. The normalized spacial score (nSPS) is 14.4. The summed E-state index contributed by atoms with van der Waals surface area (Å²) in [6.45, 7) is 3.20. The maximum Gasteiger partial charge on any atom is 0.227 e. The molecule has 0 bridgehead atoms. The summed E-state index contributed by atoms with van der Waals surface area (Å²) in [6, 6.07) is 13.3. The van der Waals surface area contributed by atoms with E-state index in [1.54, 1.807) is 14.2 Å². The van der Waals surface area contributed by atoms with Gasteiger partial charge in [0.05, 0.1) is 20.6 Å². The highest BCUT2D eigenvalue weighted by Crippen LogP contribution is 2.28. The van der Waals surface area contributed by atoms with Crippen LogP contribution in [0.2, 0.25) is 0 Å². The second kappa shape index (κ2) is 9.45. The number of carbonyl (C=O) groups is 2. The van der Waals surface area contributed by atoms with Crippen molar-refractivity contribution in [1.29, 1.82) is 0 Å². The van der Waals surface area contributed by atoms with Crippen molar-refractivity contribution >= 4 is 17.5 Å². The van der Waals surface area contributed by atoms with Crippen molar-refractivity contribution < 1.29 is 19.1 Å². The molecule has 1 saturated heterocycles. The fourth-order valence-corrected chi connectivity index (χ4v) is 3.55. The Labute approximate surface area is 171 Å². The standard InChI is InChI=1S/C23H28N2O4/c1-16-4-7-19(8-5-16)24-23(27)18-10-12-25(13-11-18)22(26)15-17-6-9-20(28-2)21(14-17)29-3/h4-9,14,18H,10-13,15H2,1-3H3,(H,24,27). The summed E-state index contributed by atoms with van der Waals surface area (Å²) in [5.74, 6) is 1.28. The van der Waals surface area contributed by atoms with Crippen molar-refractivity contribution in [3.63, 3.8) is 0 Å². The SMILES string of the molecule is COc1ccc(CC(=O)N2CCC(C(=O)Nc3ccc(C)cc3)CC2)cc1OC. The second-order valence-corrected chi connectivity index (χ2v) is 7.38. The van der Waals surface area contributed by atoms with E-state index >= 15 is 0 Å². The molecule has 1 heterocycles. The van der Waals surface area contributed by atoms with E-state index in [2.05, 4.69) is 5.32 Å². The Hall–Kier alpha value is -3.02. The van der Waals surface area contributed by atoms with Gasteiger partial charge in [0.25, 0.3) is 0 Å². The van der Waals surface area contributed by atoms with Gasteiger partial charge in [-0.3, -0.25) is 9.59 Å². The molecule has 0 atom stereocenters. The van der Waals surface area contributed by atoms with E-state index in [4.69, 9.17) is 9.47 Å². The molecular formula is C23H28N2O4. The van der Waals surface area contributed by atoms with Gasteiger partial charge in [-0.25, -0.2) is 0 Å². The number of piperidine rings is 1. The molecular weight excluding hydrogens is 368 g/mol. The van der Waals surface area contributed by atoms with E-state index in [1.165, 1.54) is 0 Å². The number of benzene rings is 2. The third-order valence-electron chi connectivity index (χ3n) is 5.34. The summed E-state index contributed by atoms with van der Waals surface area (Å²) < 4.78 is 10.5. The summed E-state index contributed by atoms with van der Waals surface area (Å²) in [7, 11) is 3.16. The molecule has 1 N–H and O–H groups in total. The van der Waals surface area contributed by atoms with Crippen LogP contribution in [0.25, 0.3) is 0 Å². The highest BCUT2D eigenvalue weighted by Gasteiger charge is 2.27. The number of nitrogens with zero attached hydrogens (tertiary/aromatic N) is 1. The molecule has 2 amide bonds. The van der Waals surface area contributed by atoms with Crippen molar-refractivity contribution in [1.82, 2.24) is 4.90 Å². The van der Waals surface area contributed by atoms with Gasteiger partial charge >= 0.3 is 0 Å². The molecule has 0 radical (unpaired) electrons. The zero-order valence-corrected chi connectivity index (χ0v) is 17.2. The van der Waals surface area contributed by atoms with Gasteiger partial charge in [0, 0.05) is 24.7 Å². The molecule has 1 aliphatic heterocycles. The van der Waals surface area contributed by atoms with Gasteiger partial charge in [-0.2, -0.15) is 0 Å². The second-order valence-electron chi connectivity index (χ2n) is 7.38. The molecule has 154 valence electrons. The number of rotatable bonds is 6. The largest absolute Gasteiger partial charge is 0.493 e. The molecule has 6 nitrogen and oxygen atoms in total. The molecule has 6 heteroatoms. The first-order chi connectivity index (χ1) is 14.0. The Kier molecular flexibility index (Phi) is 6.75. The smallest absolute Gasteiger partial charge is 0.227 e. The van der Waals surface area contributed by atoms with E-state index in [1.807, 2.05) is 54.3 Å². The Morgan fingerprint density at radius 2 is 1.66 bits per heavy atom. The number of methoxy groups -OCH3 is 2. The summed E-state index contributed by atoms with van der Waals surface area (Å²) in [5.41, 5.74) is 2.85. The number of amides is 2. The predicted octanol–water partition coefficient (Wildman–Crippen LogP) is 3.43. The highest BCUT2D eigenvalue weighted by atomic mass is 16.5. The molecule has 0 unspecified atom stereocenters. The first-order valence-electron chi connectivity index (χ1n) is 9.86. The summed E-state index contributed by atoms with van der Waals surface area (Å²) in [4.78, 5) is 27.0. The Morgan fingerprint density at radius 1 is 1.00 bits per heavy atom. The lowest BCUT2D eigenvalue weighted by molar-refractivity contribution is -0.133. The number of anilines is 1. The molecule has 1 fully saturated rings. The van der Waals surface area contributed by atoms with E-state index in [-0.39, 0.29) is 17.7 Å². The van der Waals surface area contributed by atoms with Gasteiger partial charge in [-0.1, -0.05) is 23.8 Å². The molecule has 3 rings (SSSR count). The Bertz CT molecular complexity index is 856. The molecule has 0 aliphatic carbocycles. The molecule has 0 spiro atoms. The average Bonchev–Trinajstić information content (AvgIpc) is 2.75. The number of nitrogens with one attached hydrogen (secondary N) is 1. The molecule has 2 aromatic rings. The van der Waals surface area contributed by atoms with Gasteiger partial charge < -0.3 is 19.7 Å². The fourth-order valence-electron chi connectivity index (χ4n) is 3.55. The minimum Gasteiger partial charge on any atom is -0.493 e. The Balaban J connectivity index is 1.51. The predicted molar refractivity (Wildman–Crippen MR) is 112 cm³/mol. The fraction of sp³-hybridized carbons (Fsp3) is 0.391. The number of hydrogen-bond donors (Lipinski definition) is 1. The first kappa shape index (κ1) is 20.7. The van der Waals surface area contributed by atoms with Crippen molar-refractivity contribution in [3.05, 3.63) is 53.6 Å². The lowest BCUT2D eigenvalue weighted by atomic mass is 9.95. The summed E-state index contributed by atoms with van der Waals surface area (Å²) >= 11 is 0. The van der Waals surface area contributed by atoms with Gasteiger partial charge in [0.15, 0.2) is 11.5 Å². The van der Waals surface area contributed by atoms with Crippen LogP contribution >= 0.6 is 0 Å². The summed E-state index contributed by atoms with van der Waals surface area (Å²) in [6.07, 6.45) is 1.66. The van der Waals surface area contributed by atoms with Crippen LogP contribution in [-0.2, 0) is 16.0 Å². The highest BCUT2D eigenvalue weighted by molar-refractivity contribution is 5.92. The number of aryl methyl sites for hydroxylation is 1. The van der Waals surface area contributed by atoms with Crippen molar-refractivity contribution in [2.24, 2.45) is 5.92 Å². The molecule has 0 saturated carbocycles. The number of hydrogen-bond acceptors (Lipinski definition) is 4. The minimum atomic E-state index is -0.0681. The lowest BCUT2D eigenvalue weighted by Gasteiger charge is -2.31. The average molecular weight is 396 g/mol. The van der Waals surface area contributed by atoms with Crippen LogP contribution in [0, 0.1) is 12.8 Å². The van der Waals surface area contributed by atoms with Crippen LogP contribution < -0.4 is 14.8 Å². The number of likely N-dealkylation sites (tertiary alicyclic amines) is 1. The van der Waals surface area contributed by atoms with Crippen LogP contribution in [0.15, 0.2) is 42.5 Å². The van der Waals surface area contributed by atoms with Crippen LogP contribution in [0.1, 0.15) is 24.0 Å². The quantitative estimate of drug-likeness (QED) is 0.812. The van der Waals surface area contributed by atoms with Crippen molar-refractivity contribution in [3.8, 4) is 11.5 Å². The van der Waals surface area contributed by atoms with E-state index < -0.39 is 0 Å². The number of carbonyl (C=O) groups excluding carboxylic acids is 2. The molecule has 29 heavy (non-hydrogen) atoms. The third kappa shape index (κ3) is 5.28. The third-order valence-corrected chi connectivity index (χ3v) is 5.34. The number of ether oxygens (including phenoxy) is 2. The van der Waals surface area contributed by atoms with Gasteiger partial charge in [0.1, 0.15) is 0 Å². The van der Waals surface area contributed by atoms with Crippen molar-refractivity contribution in [2.45, 2.75) is 26.2 Å². The molecule has 1 aliphatic rings. The van der Waals surface area contributed by atoms with E-state index in [0.717, 1.165) is 16.8 Å². The van der Waals surface area contributed by atoms with Gasteiger partial charge in [-0.05, 0) is 49.6 Å². The van der Waals surface area contributed by atoms with Gasteiger partial charge in [0.2, 0.25) is 11.8 Å². The van der Waals surface area contributed by atoms with Crippen LogP contribution in [0.3, 0.4) is 0 Å². The zero-order chi connectivity index (χ0) is 20.8. The van der Waals surface area contributed by atoms with Crippen LogP contribution in [-0.4, -0.2) is 44.0 Å². The maximum absolute atomic E-state index is 12.7. The first-order valence-corrected chi connectivity index (χ1v) is 9.86. The molecule has 0 aromatic heterocycles.